The SMILES string of the molecule is CCOc1ccc(-c2nnc(SCC(=O)N3[C@@H](C)CCC[C@@H]3C)n2N)cc1. The van der Waals surface area contributed by atoms with E-state index < -0.39 is 0 Å². The Balaban J connectivity index is 1.66. The number of nitrogens with two attached hydrogens (primary N) is 1. The molecule has 7 nitrogen and oxygen atoms in total. The van der Waals surface area contributed by atoms with Crippen LogP contribution in [-0.2, 0) is 4.79 Å². The lowest BCUT2D eigenvalue weighted by Crippen LogP contribution is -2.48. The molecule has 3 rings (SSSR count). The fourth-order valence-electron chi connectivity index (χ4n) is 3.55. The summed E-state index contributed by atoms with van der Waals surface area (Å²) in [5.41, 5.74) is 0.852. The zero-order valence-electron chi connectivity index (χ0n) is 16.1. The minimum Gasteiger partial charge on any atom is -0.494 e. The highest BCUT2D eigenvalue weighted by molar-refractivity contribution is 7.99. The van der Waals surface area contributed by atoms with E-state index >= 15 is 0 Å². The molecule has 0 unspecified atom stereocenters. The van der Waals surface area contributed by atoms with Gasteiger partial charge in [0.25, 0.3) is 0 Å². The zero-order chi connectivity index (χ0) is 19.4. The minimum atomic E-state index is 0.130. The molecule has 0 bridgehead atoms. The molecule has 0 aliphatic carbocycles. The van der Waals surface area contributed by atoms with E-state index in [0.29, 0.717) is 23.3 Å². The molecule has 0 saturated carbocycles. The second-order valence-electron chi connectivity index (χ2n) is 6.85. The number of ether oxygens (including phenoxy) is 1. The van der Waals surface area contributed by atoms with E-state index in [0.717, 1.165) is 24.2 Å². The van der Waals surface area contributed by atoms with E-state index in [2.05, 4.69) is 24.0 Å². The number of piperidine rings is 1. The average Bonchev–Trinajstić information content (AvgIpc) is 3.01. The summed E-state index contributed by atoms with van der Waals surface area (Å²) < 4.78 is 6.89. The quantitative estimate of drug-likeness (QED) is 0.604. The lowest BCUT2D eigenvalue weighted by atomic mass is 9.98. The van der Waals surface area contributed by atoms with Crippen molar-refractivity contribution in [3.05, 3.63) is 24.3 Å². The van der Waals surface area contributed by atoms with Crippen LogP contribution >= 0.6 is 11.8 Å². The van der Waals surface area contributed by atoms with Gasteiger partial charge in [-0.25, -0.2) is 4.68 Å². The van der Waals surface area contributed by atoms with Gasteiger partial charge in [0.05, 0.1) is 12.4 Å². The summed E-state index contributed by atoms with van der Waals surface area (Å²) in [7, 11) is 0. The number of amides is 1. The molecule has 2 N–H and O–H groups in total. The summed E-state index contributed by atoms with van der Waals surface area (Å²) in [6.07, 6.45) is 3.31. The number of nitrogens with zero attached hydrogens (tertiary/aromatic N) is 4. The Kier molecular flexibility index (Phi) is 6.26. The van der Waals surface area contributed by atoms with Crippen LogP contribution in [0.15, 0.2) is 29.4 Å². The molecule has 1 aromatic heterocycles. The fourth-order valence-corrected chi connectivity index (χ4v) is 4.28. The molecule has 8 heteroatoms. The van der Waals surface area contributed by atoms with E-state index in [-0.39, 0.29) is 18.0 Å². The van der Waals surface area contributed by atoms with Crippen LogP contribution in [0.5, 0.6) is 5.75 Å². The summed E-state index contributed by atoms with van der Waals surface area (Å²) in [6.45, 7) is 6.80. The van der Waals surface area contributed by atoms with Crippen LogP contribution in [0.25, 0.3) is 11.4 Å². The van der Waals surface area contributed by atoms with Gasteiger partial charge < -0.3 is 15.5 Å². The lowest BCUT2D eigenvalue weighted by Gasteiger charge is -2.39. The molecule has 1 aliphatic heterocycles. The van der Waals surface area contributed by atoms with E-state index in [4.69, 9.17) is 10.6 Å². The summed E-state index contributed by atoms with van der Waals surface area (Å²) in [5, 5.41) is 8.87. The van der Waals surface area contributed by atoms with E-state index in [1.165, 1.54) is 22.9 Å². The normalized spacial score (nSPS) is 19.9. The van der Waals surface area contributed by atoms with Gasteiger partial charge >= 0.3 is 0 Å². The molecule has 27 heavy (non-hydrogen) atoms. The van der Waals surface area contributed by atoms with Crippen LogP contribution in [-0.4, -0.2) is 50.1 Å². The number of rotatable bonds is 6. The maximum absolute atomic E-state index is 12.7. The monoisotopic (exact) mass is 389 g/mol. The highest BCUT2D eigenvalue weighted by Crippen LogP contribution is 2.26. The van der Waals surface area contributed by atoms with Gasteiger partial charge in [0.1, 0.15) is 5.75 Å². The molecule has 0 radical (unpaired) electrons. The molecular weight excluding hydrogens is 362 g/mol. The van der Waals surface area contributed by atoms with E-state index in [1.54, 1.807) is 0 Å². The molecule has 1 amide bonds. The smallest absolute Gasteiger partial charge is 0.233 e. The predicted molar refractivity (Wildman–Crippen MR) is 107 cm³/mol. The number of hydrogen-bond acceptors (Lipinski definition) is 6. The first-order valence-corrected chi connectivity index (χ1v) is 10.4. The maximum Gasteiger partial charge on any atom is 0.233 e. The van der Waals surface area contributed by atoms with Gasteiger partial charge in [-0.15, -0.1) is 10.2 Å². The van der Waals surface area contributed by atoms with Crippen molar-refractivity contribution < 1.29 is 9.53 Å². The number of carbonyl (C=O) groups is 1. The Bertz CT molecular complexity index is 767. The van der Waals surface area contributed by atoms with Crippen molar-refractivity contribution in [3.8, 4) is 17.1 Å². The van der Waals surface area contributed by atoms with Crippen LogP contribution in [0.3, 0.4) is 0 Å². The predicted octanol–water partition coefficient (Wildman–Crippen LogP) is 2.94. The average molecular weight is 390 g/mol. The molecule has 2 aromatic rings. The van der Waals surface area contributed by atoms with Gasteiger partial charge in [-0.05, 0) is 64.3 Å². The highest BCUT2D eigenvalue weighted by Gasteiger charge is 2.29. The number of likely N-dealkylation sites (tertiary alicyclic amines) is 1. The van der Waals surface area contributed by atoms with Crippen LogP contribution in [0.4, 0.5) is 0 Å². The minimum absolute atomic E-state index is 0.130. The zero-order valence-corrected chi connectivity index (χ0v) is 16.9. The molecule has 2 heterocycles. The van der Waals surface area contributed by atoms with E-state index in [1.807, 2.05) is 36.1 Å². The first kappa shape index (κ1) is 19.5. The third-order valence-corrected chi connectivity index (χ3v) is 5.82. The second kappa shape index (κ2) is 8.65. The first-order chi connectivity index (χ1) is 13.0. The third-order valence-electron chi connectivity index (χ3n) is 4.89. The van der Waals surface area contributed by atoms with Gasteiger partial charge in [0.15, 0.2) is 5.82 Å². The second-order valence-corrected chi connectivity index (χ2v) is 7.79. The van der Waals surface area contributed by atoms with Crippen LogP contribution in [0.1, 0.15) is 40.0 Å². The van der Waals surface area contributed by atoms with Crippen LogP contribution in [0, 0.1) is 0 Å². The summed E-state index contributed by atoms with van der Waals surface area (Å²) >= 11 is 1.33. The Morgan fingerprint density at radius 1 is 1.22 bits per heavy atom. The summed E-state index contributed by atoms with van der Waals surface area (Å²) in [5.74, 6) is 7.97. The number of aromatic nitrogens is 3. The van der Waals surface area contributed by atoms with Crippen LogP contribution < -0.4 is 10.6 Å². The Labute approximate surface area is 164 Å². The van der Waals surface area contributed by atoms with Crippen LogP contribution in [0.2, 0.25) is 0 Å². The maximum atomic E-state index is 12.7. The molecule has 1 saturated heterocycles. The summed E-state index contributed by atoms with van der Waals surface area (Å²) in [4.78, 5) is 14.7. The molecule has 2 atom stereocenters. The lowest BCUT2D eigenvalue weighted by molar-refractivity contribution is -0.134. The van der Waals surface area contributed by atoms with Gasteiger partial charge in [0, 0.05) is 17.6 Å². The standard InChI is InChI=1S/C19H27N5O2S/c1-4-26-16-10-8-15(9-11-16)18-21-22-19(24(18)20)27-12-17(25)23-13(2)6-5-7-14(23)3/h8-11,13-14H,4-7,12,20H2,1-3H3/t13-,14-/m0/s1. The van der Waals surface area contributed by atoms with Crippen molar-refractivity contribution >= 4 is 17.7 Å². The fraction of sp³-hybridized carbons (Fsp3) is 0.526. The topological polar surface area (TPSA) is 86.3 Å². The Morgan fingerprint density at radius 2 is 1.89 bits per heavy atom. The highest BCUT2D eigenvalue weighted by atomic mass is 32.2. The van der Waals surface area contributed by atoms with Crippen molar-refractivity contribution in [2.45, 2.75) is 57.3 Å². The molecular formula is C19H27N5O2S. The van der Waals surface area contributed by atoms with Crippen molar-refractivity contribution in [2.75, 3.05) is 18.2 Å². The van der Waals surface area contributed by atoms with E-state index in [9.17, 15) is 4.79 Å². The molecule has 146 valence electrons. The Morgan fingerprint density at radius 3 is 2.52 bits per heavy atom. The molecule has 1 fully saturated rings. The number of nitrogen functional groups attached to an aromatic ring is 1. The van der Waals surface area contributed by atoms with Crippen molar-refractivity contribution in [3.63, 3.8) is 0 Å². The molecule has 1 aliphatic rings. The largest absolute Gasteiger partial charge is 0.494 e. The number of benzene rings is 1. The summed E-state index contributed by atoms with van der Waals surface area (Å²) in [6, 6.07) is 8.13. The first-order valence-electron chi connectivity index (χ1n) is 9.39. The van der Waals surface area contributed by atoms with Crippen molar-refractivity contribution in [2.24, 2.45) is 0 Å². The van der Waals surface area contributed by atoms with Crippen molar-refractivity contribution in [1.82, 2.24) is 19.8 Å². The van der Waals surface area contributed by atoms with Crippen molar-refractivity contribution in [1.29, 1.82) is 0 Å². The Hall–Kier alpha value is -2.22. The van der Waals surface area contributed by atoms with Gasteiger partial charge in [0.2, 0.25) is 11.1 Å². The molecule has 1 aromatic carbocycles. The number of thioether (sulfide) groups is 1. The molecule has 0 spiro atoms. The number of carbonyl (C=O) groups excluding carboxylic acids is 1. The van der Waals surface area contributed by atoms with Gasteiger partial charge in [-0.3, -0.25) is 4.79 Å². The van der Waals surface area contributed by atoms with Gasteiger partial charge in [-0.1, -0.05) is 11.8 Å². The number of hydrogen-bond donors (Lipinski definition) is 1. The van der Waals surface area contributed by atoms with Gasteiger partial charge in [-0.2, -0.15) is 0 Å². The third kappa shape index (κ3) is 4.37.